The van der Waals surface area contributed by atoms with Crippen LogP contribution in [0.2, 0.25) is 0 Å². The third-order valence-corrected chi connectivity index (χ3v) is 4.96. The van der Waals surface area contributed by atoms with E-state index in [1.165, 1.54) is 31.4 Å². The van der Waals surface area contributed by atoms with Crippen molar-refractivity contribution in [2.45, 2.75) is 19.4 Å². The molecule has 1 amide bonds. The molecule has 4 rings (SSSR count). The Hall–Kier alpha value is -3.61. The quantitative estimate of drug-likeness (QED) is 0.683. The second-order valence-corrected chi connectivity index (χ2v) is 6.62. The van der Waals surface area contributed by atoms with E-state index in [4.69, 9.17) is 0 Å². The fourth-order valence-corrected chi connectivity index (χ4v) is 3.62. The Morgan fingerprint density at radius 2 is 1.89 bits per heavy atom. The van der Waals surface area contributed by atoms with Gasteiger partial charge in [0.05, 0.1) is 18.2 Å². The normalized spacial score (nSPS) is 12.6. The summed E-state index contributed by atoms with van der Waals surface area (Å²) in [5, 5.41) is 13.8. The molecular formula is C21H18N2O5. The van der Waals surface area contributed by atoms with E-state index in [9.17, 15) is 19.5 Å². The fraction of sp³-hybridized carbons (Fsp3) is 0.190. The summed E-state index contributed by atoms with van der Waals surface area (Å²) in [6.45, 7) is 0.501. The lowest BCUT2D eigenvalue weighted by Gasteiger charge is -2.21. The number of hydrogen-bond acceptors (Lipinski definition) is 5. The number of aryl methyl sites for hydroxylation is 2. The van der Waals surface area contributed by atoms with Gasteiger partial charge in [-0.05, 0) is 48.7 Å². The van der Waals surface area contributed by atoms with Crippen molar-refractivity contribution in [1.29, 1.82) is 0 Å². The number of aromatic nitrogens is 1. The predicted molar refractivity (Wildman–Crippen MR) is 104 cm³/mol. The van der Waals surface area contributed by atoms with Crippen molar-refractivity contribution in [3.63, 3.8) is 0 Å². The van der Waals surface area contributed by atoms with Gasteiger partial charge in [-0.15, -0.1) is 0 Å². The topological polar surface area (TPSA) is 97.6 Å². The number of ether oxygens (including phenoxy) is 1. The van der Waals surface area contributed by atoms with Crippen LogP contribution in [0.5, 0.6) is 5.75 Å². The molecule has 7 heteroatoms. The van der Waals surface area contributed by atoms with Crippen LogP contribution >= 0.6 is 0 Å². The van der Waals surface area contributed by atoms with Gasteiger partial charge in [0.2, 0.25) is 0 Å². The summed E-state index contributed by atoms with van der Waals surface area (Å²) in [7, 11) is 1.28. The smallest absolute Gasteiger partial charge is 0.337 e. The van der Waals surface area contributed by atoms with E-state index in [0.717, 1.165) is 18.4 Å². The van der Waals surface area contributed by atoms with Crippen LogP contribution in [-0.2, 0) is 17.7 Å². The molecule has 0 saturated carbocycles. The first kappa shape index (κ1) is 17.8. The summed E-state index contributed by atoms with van der Waals surface area (Å²) in [4.78, 5) is 37.2. The van der Waals surface area contributed by atoms with E-state index < -0.39 is 17.4 Å². The molecule has 0 fully saturated rings. The van der Waals surface area contributed by atoms with Gasteiger partial charge in [0, 0.05) is 17.6 Å². The number of rotatable bonds is 3. The molecule has 3 aromatic rings. The molecule has 0 saturated heterocycles. The van der Waals surface area contributed by atoms with Gasteiger partial charge in [-0.2, -0.15) is 0 Å². The highest BCUT2D eigenvalue weighted by Gasteiger charge is 2.25. The van der Waals surface area contributed by atoms with Crippen LogP contribution in [-0.4, -0.2) is 28.7 Å². The number of benzene rings is 2. The molecule has 1 aromatic heterocycles. The van der Waals surface area contributed by atoms with Gasteiger partial charge in [-0.1, -0.05) is 12.1 Å². The lowest BCUT2D eigenvalue weighted by atomic mass is 9.99. The highest BCUT2D eigenvalue weighted by atomic mass is 16.5. The molecule has 0 spiro atoms. The number of amides is 1. The van der Waals surface area contributed by atoms with Crippen molar-refractivity contribution in [3.05, 3.63) is 69.5 Å². The van der Waals surface area contributed by atoms with E-state index in [-0.39, 0.29) is 11.3 Å². The average Bonchev–Trinajstić information content (AvgIpc) is 2.72. The number of anilines is 1. The van der Waals surface area contributed by atoms with E-state index in [1.807, 2.05) is 12.1 Å². The summed E-state index contributed by atoms with van der Waals surface area (Å²) < 4.78 is 6.19. The number of hydrogen-bond donors (Lipinski definition) is 2. The molecular weight excluding hydrogens is 360 g/mol. The van der Waals surface area contributed by atoms with Crippen molar-refractivity contribution < 1.29 is 19.4 Å². The van der Waals surface area contributed by atoms with Crippen molar-refractivity contribution in [2.75, 3.05) is 12.4 Å². The van der Waals surface area contributed by atoms with Crippen LogP contribution in [0.15, 0.2) is 47.3 Å². The highest BCUT2D eigenvalue weighted by molar-refractivity contribution is 6.09. The van der Waals surface area contributed by atoms with Gasteiger partial charge in [0.15, 0.2) is 0 Å². The largest absolute Gasteiger partial charge is 0.506 e. The molecule has 7 nitrogen and oxygen atoms in total. The molecule has 0 radical (unpaired) electrons. The zero-order valence-electron chi connectivity index (χ0n) is 15.2. The molecule has 142 valence electrons. The average molecular weight is 378 g/mol. The van der Waals surface area contributed by atoms with Gasteiger partial charge in [0.1, 0.15) is 11.3 Å². The van der Waals surface area contributed by atoms with Crippen molar-refractivity contribution >= 4 is 28.5 Å². The van der Waals surface area contributed by atoms with Crippen molar-refractivity contribution in [3.8, 4) is 5.75 Å². The lowest BCUT2D eigenvalue weighted by Crippen LogP contribution is -2.31. The molecule has 0 bridgehead atoms. The maximum Gasteiger partial charge on any atom is 0.337 e. The summed E-state index contributed by atoms with van der Waals surface area (Å²) in [6, 6.07) is 11.5. The van der Waals surface area contributed by atoms with E-state index in [0.29, 0.717) is 28.7 Å². The molecule has 28 heavy (non-hydrogen) atoms. The minimum atomic E-state index is -0.699. The lowest BCUT2D eigenvalue weighted by molar-refractivity contribution is 0.0600. The zero-order valence-corrected chi connectivity index (χ0v) is 15.2. The molecule has 0 atom stereocenters. The SMILES string of the molecule is COC(=O)c1ccc(NC(=O)c2c(O)c3cccc4c3n(c2=O)CCC4)cc1. The first-order valence-electron chi connectivity index (χ1n) is 8.88. The number of pyridine rings is 1. The maximum absolute atomic E-state index is 12.9. The van der Waals surface area contributed by atoms with Crippen molar-refractivity contribution in [2.24, 2.45) is 0 Å². The standard InChI is InChI=1S/C21H18N2O5/c1-28-21(27)13-7-9-14(10-8-13)22-19(25)16-18(24)15-6-2-4-12-5-3-11-23(17(12)15)20(16)26/h2,4,6-10,24H,3,5,11H2,1H3,(H,22,25). The molecule has 2 aromatic carbocycles. The second-order valence-electron chi connectivity index (χ2n) is 6.62. The van der Waals surface area contributed by atoms with Gasteiger partial charge in [0.25, 0.3) is 11.5 Å². The number of carbonyl (C=O) groups is 2. The van der Waals surface area contributed by atoms with E-state index in [1.54, 1.807) is 10.6 Å². The first-order chi connectivity index (χ1) is 13.5. The van der Waals surface area contributed by atoms with Gasteiger partial charge >= 0.3 is 5.97 Å². The van der Waals surface area contributed by atoms with E-state index in [2.05, 4.69) is 10.1 Å². The molecule has 1 aliphatic heterocycles. The monoisotopic (exact) mass is 378 g/mol. The molecule has 2 heterocycles. The van der Waals surface area contributed by atoms with Crippen LogP contribution in [0.1, 0.15) is 32.7 Å². The maximum atomic E-state index is 12.9. The zero-order chi connectivity index (χ0) is 19.8. The third-order valence-electron chi connectivity index (χ3n) is 4.96. The predicted octanol–water partition coefficient (Wildman–Crippen LogP) is 2.69. The Balaban J connectivity index is 1.74. The van der Waals surface area contributed by atoms with Gasteiger partial charge in [-0.25, -0.2) is 4.79 Å². The number of methoxy groups -OCH3 is 1. The molecule has 1 aliphatic rings. The summed E-state index contributed by atoms with van der Waals surface area (Å²) in [5.41, 5.74) is 1.61. The van der Waals surface area contributed by atoms with Crippen LogP contribution in [0.4, 0.5) is 5.69 Å². The van der Waals surface area contributed by atoms with Crippen molar-refractivity contribution in [1.82, 2.24) is 4.57 Å². The Morgan fingerprint density at radius 1 is 1.14 bits per heavy atom. The second kappa shape index (κ2) is 6.84. The Labute approximate surface area is 160 Å². The highest BCUT2D eigenvalue weighted by Crippen LogP contribution is 2.31. The first-order valence-corrected chi connectivity index (χ1v) is 8.88. The minimum Gasteiger partial charge on any atom is -0.506 e. The minimum absolute atomic E-state index is 0.288. The number of carbonyl (C=O) groups excluding carboxylic acids is 2. The summed E-state index contributed by atoms with van der Waals surface area (Å²) in [6.07, 6.45) is 1.63. The summed E-state index contributed by atoms with van der Waals surface area (Å²) in [5.74, 6) is -1.50. The van der Waals surface area contributed by atoms with Crippen LogP contribution in [0.3, 0.4) is 0 Å². The number of nitrogens with one attached hydrogen (secondary N) is 1. The Morgan fingerprint density at radius 3 is 2.61 bits per heavy atom. The number of aromatic hydroxyl groups is 1. The molecule has 2 N–H and O–H groups in total. The van der Waals surface area contributed by atoms with Gasteiger partial charge in [-0.3, -0.25) is 9.59 Å². The number of esters is 1. The van der Waals surface area contributed by atoms with Gasteiger partial charge < -0.3 is 19.7 Å². The Kier molecular flexibility index (Phi) is 4.35. The third kappa shape index (κ3) is 2.81. The Bertz CT molecular complexity index is 1160. The number of nitrogens with zero attached hydrogens (tertiary/aromatic N) is 1. The van der Waals surface area contributed by atoms with Crippen LogP contribution in [0.25, 0.3) is 10.9 Å². The molecule has 0 aliphatic carbocycles. The van der Waals surface area contributed by atoms with Crippen LogP contribution < -0.4 is 10.9 Å². The fourth-order valence-electron chi connectivity index (χ4n) is 3.62. The van der Waals surface area contributed by atoms with Crippen LogP contribution in [0, 0.1) is 0 Å². The van der Waals surface area contributed by atoms with E-state index >= 15 is 0 Å². The summed E-state index contributed by atoms with van der Waals surface area (Å²) >= 11 is 0. The molecule has 0 unspecified atom stereocenters. The number of para-hydroxylation sites is 1.